The van der Waals surface area contributed by atoms with Gasteiger partial charge in [0.15, 0.2) is 5.69 Å². The fourth-order valence-electron chi connectivity index (χ4n) is 3.55. The third kappa shape index (κ3) is 4.79. The number of amides is 1. The largest absolute Gasteiger partial charge is 0.435 e. The molecule has 170 valence electrons. The number of hydrogen-bond donors (Lipinski definition) is 1. The second-order valence-corrected chi connectivity index (χ2v) is 7.71. The van der Waals surface area contributed by atoms with Crippen LogP contribution in [0.15, 0.2) is 28.9 Å². The maximum Gasteiger partial charge on any atom is 0.435 e. The van der Waals surface area contributed by atoms with E-state index in [9.17, 15) is 18.0 Å². The molecule has 0 spiro atoms. The summed E-state index contributed by atoms with van der Waals surface area (Å²) in [5, 5.41) is 9.87. The number of alkyl halides is 3. The molecular weight excluding hydrogens is 427 g/mol. The highest BCUT2D eigenvalue weighted by molar-refractivity contribution is 5.92. The van der Waals surface area contributed by atoms with E-state index in [4.69, 9.17) is 4.52 Å². The number of pyridine rings is 1. The molecule has 32 heavy (non-hydrogen) atoms. The first-order valence-corrected chi connectivity index (χ1v) is 10.1. The Bertz CT molecular complexity index is 1100. The average molecular weight is 449 g/mol. The van der Waals surface area contributed by atoms with E-state index in [-0.39, 0.29) is 11.6 Å². The van der Waals surface area contributed by atoms with E-state index in [0.29, 0.717) is 11.9 Å². The Morgan fingerprint density at radius 1 is 1.28 bits per heavy atom. The molecule has 4 heterocycles. The summed E-state index contributed by atoms with van der Waals surface area (Å²) in [6, 6.07) is 3.63. The molecule has 4 rings (SSSR count). The van der Waals surface area contributed by atoms with Crippen molar-refractivity contribution in [2.75, 3.05) is 13.1 Å². The highest BCUT2D eigenvalue weighted by atomic mass is 19.4. The second-order valence-electron chi connectivity index (χ2n) is 7.71. The van der Waals surface area contributed by atoms with E-state index in [1.54, 1.807) is 19.2 Å². The molecular formula is C20H22F3N7O2. The van der Waals surface area contributed by atoms with E-state index in [1.165, 1.54) is 19.9 Å². The molecule has 12 heteroatoms. The number of aryl methyl sites for hydroxylation is 1. The minimum Gasteiger partial charge on any atom is -0.339 e. The van der Waals surface area contributed by atoms with Crippen LogP contribution in [0.1, 0.15) is 53.6 Å². The predicted octanol–water partition coefficient (Wildman–Crippen LogP) is 2.97. The van der Waals surface area contributed by atoms with Gasteiger partial charge in [0, 0.05) is 31.4 Å². The lowest BCUT2D eigenvalue weighted by Gasteiger charge is -2.13. The number of nitrogens with one attached hydrogen (secondary N) is 1. The summed E-state index contributed by atoms with van der Waals surface area (Å²) in [4.78, 5) is 23.5. The quantitative estimate of drug-likeness (QED) is 0.617. The van der Waals surface area contributed by atoms with Crippen LogP contribution in [-0.2, 0) is 19.8 Å². The van der Waals surface area contributed by atoms with Gasteiger partial charge in [-0.1, -0.05) is 5.16 Å². The molecule has 0 aromatic carbocycles. The third-order valence-corrected chi connectivity index (χ3v) is 5.22. The van der Waals surface area contributed by atoms with Gasteiger partial charge in [-0.3, -0.25) is 19.4 Å². The summed E-state index contributed by atoms with van der Waals surface area (Å²) in [6.45, 7) is 4.45. The van der Waals surface area contributed by atoms with Crippen molar-refractivity contribution in [3.05, 3.63) is 47.4 Å². The van der Waals surface area contributed by atoms with Crippen LogP contribution in [0.3, 0.4) is 0 Å². The van der Waals surface area contributed by atoms with Gasteiger partial charge in [-0.05, 0) is 45.0 Å². The van der Waals surface area contributed by atoms with Crippen molar-refractivity contribution in [3.8, 4) is 11.4 Å². The summed E-state index contributed by atoms with van der Waals surface area (Å²) >= 11 is 0. The smallest absolute Gasteiger partial charge is 0.339 e. The molecule has 0 saturated carbocycles. The van der Waals surface area contributed by atoms with Gasteiger partial charge in [0.05, 0.1) is 5.69 Å². The van der Waals surface area contributed by atoms with Crippen LogP contribution < -0.4 is 5.32 Å². The van der Waals surface area contributed by atoms with Gasteiger partial charge in [0.2, 0.25) is 11.7 Å². The van der Waals surface area contributed by atoms with E-state index in [0.717, 1.165) is 35.6 Å². The fourth-order valence-corrected chi connectivity index (χ4v) is 3.55. The van der Waals surface area contributed by atoms with E-state index in [2.05, 4.69) is 30.4 Å². The zero-order chi connectivity index (χ0) is 22.9. The molecule has 1 saturated heterocycles. The van der Waals surface area contributed by atoms with Gasteiger partial charge in [0.25, 0.3) is 5.91 Å². The van der Waals surface area contributed by atoms with Gasteiger partial charge in [-0.25, -0.2) is 0 Å². The first-order chi connectivity index (χ1) is 15.2. The van der Waals surface area contributed by atoms with Gasteiger partial charge in [-0.2, -0.15) is 23.3 Å². The first-order valence-electron chi connectivity index (χ1n) is 10.1. The number of halogens is 3. The molecule has 3 aromatic heterocycles. The minimum atomic E-state index is -4.64. The van der Waals surface area contributed by atoms with Gasteiger partial charge in [0.1, 0.15) is 11.7 Å². The summed E-state index contributed by atoms with van der Waals surface area (Å²) in [7, 11) is 1.27. The number of carbonyl (C=O) groups is 1. The monoisotopic (exact) mass is 449 g/mol. The number of carbonyl (C=O) groups excluding carboxylic acids is 1. The van der Waals surface area contributed by atoms with Crippen LogP contribution in [-0.4, -0.2) is 48.8 Å². The van der Waals surface area contributed by atoms with Crippen molar-refractivity contribution < 1.29 is 22.5 Å². The normalized spacial score (nSPS) is 15.8. The maximum atomic E-state index is 12.8. The topological polar surface area (TPSA) is 102 Å². The van der Waals surface area contributed by atoms with Crippen LogP contribution in [0.25, 0.3) is 11.4 Å². The summed E-state index contributed by atoms with van der Waals surface area (Å²) < 4.78 is 44.6. The van der Waals surface area contributed by atoms with Gasteiger partial charge >= 0.3 is 6.18 Å². The van der Waals surface area contributed by atoms with Crippen molar-refractivity contribution in [3.63, 3.8) is 0 Å². The Kier molecular flexibility index (Phi) is 5.96. The number of nitrogens with zero attached hydrogens (tertiary/aromatic N) is 6. The van der Waals surface area contributed by atoms with Gasteiger partial charge < -0.3 is 9.84 Å². The van der Waals surface area contributed by atoms with Gasteiger partial charge in [-0.15, -0.1) is 0 Å². The molecule has 1 N–H and O–H groups in total. The molecule has 9 nitrogen and oxygen atoms in total. The highest BCUT2D eigenvalue weighted by Crippen LogP contribution is 2.28. The van der Waals surface area contributed by atoms with Crippen molar-refractivity contribution in [2.24, 2.45) is 7.05 Å². The Labute approximate surface area is 181 Å². The number of rotatable bonds is 6. The summed E-state index contributed by atoms with van der Waals surface area (Å²) in [5.41, 5.74) is 0.253. The Morgan fingerprint density at radius 3 is 2.72 bits per heavy atom. The van der Waals surface area contributed by atoms with Crippen LogP contribution in [0, 0.1) is 0 Å². The molecule has 1 aliphatic heterocycles. The molecule has 1 aliphatic rings. The zero-order valence-corrected chi connectivity index (χ0v) is 17.6. The minimum absolute atomic E-state index is 0.129. The second kappa shape index (κ2) is 8.69. The Balaban J connectivity index is 1.44. The lowest BCUT2D eigenvalue weighted by molar-refractivity contribution is -0.141. The van der Waals surface area contributed by atoms with Crippen molar-refractivity contribution >= 4 is 5.91 Å². The Hall–Kier alpha value is -3.28. The van der Waals surface area contributed by atoms with E-state index < -0.39 is 23.8 Å². The molecule has 1 unspecified atom stereocenters. The molecule has 0 aliphatic carbocycles. The predicted molar refractivity (Wildman–Crippen MR) is 106 cm³/mol. The third-order valence-electron chi connectivity index (χ3n) is 5.22. The lowest BCUT2D eigenvalue weighted by Crippen LogP contribution is -2.28. The molecule has 0 radical (unpaired) electrons. The van der Waals surface area contributed by atoms with Crippen molar-refractivity contribution in [1.82, 2.24) is 35.1 Å². The van der Waals surface area contributed by atoms with Crippen molar-refractivity contribution in [2.45, 2.75) is 38.5 Å². The average Bonchev–Trinajstić information content (AvgIpc) is 3.48. The van der Waals surface area contributed by atoms with Crippen molar-refractivity contribution in [1.29, 1.82) is 0 Å². The number of hydrogen-bond acceptors (Lipinski definition) is 7. The highest BCUT2D eigenvalue weighted by Gasteiger charge is 2.35. The lowest BCUT2D eigenvalue weighted by atomic mass is 10.2. The maximum absolute atomic E-state index is 12.8. The van der Waals surface area contributed by atoms with Crippen LogP contribution in [0.5, 0.6) is 0 Å². The molecule has 1 atom stereocenters. The number of likely N-dealkylation sites (tertiary alicyclic amines) is 1. The Morgan fingerprint density at radius 2 is 2.03 bits per heavy atom. The van der Waals surface area contributed by atoms with E-state index >= 15 is 0 Å². The number of aromatic nitrogens is 5. The summed E-state index contributed by atoms with van der Waals surface area (Å²) in [6.07, 6.45) is -0.578. The first kappa shape index (κ1) is 21.9. The summed E-state index contributed by atoms with van der Waals surface area (Å²) in [5.74, 6) is -0.268. The van der Waals surface area contributed by atoms with Crippen LogP contribution >= 0.6 is 0 Å². The SMILES string of the molecule is CC(NC(=O)c1cc(C(F)(F)F)nn1C)c1nc(-c2ccnc(CN3CCCC3)c2)no1. The molecule has 3 aromatic rings. The molecule has 1 amide bonds. The standard InChI is InChI=1S/C20H22F3N7O2/c1-12(25-18(31)15-10-16(20(21,22)23)27-29(15)2)19-26-17(28-32-19)13-5-6-24-14(9-13)11-30-7-3-4-8-30/h5-6,9-10,12H,3-4,7-8,11H2,1-2H3,(H,25,31). The van der Waals surface area contributed by atoms with E-state index in [1.807, 2.05) is 6.07 Å². The molecule has 0 bridgehead atoms. The van der Waals surface area contributed by atoms with Crippen LogP contribution in [0.4, 0.5) is 13.2 Å². The van der Waals surface area contributed by atoms with Crippen LogP contribution in [0.2, 0.25) is 0 Å². The molecule has 1 fully saturated rings. The zero-order valence-electron chi connectivity index (χ0n) is 17.6. The fraction of sp³-hybridized carbons (Fsp3) is 0.450.